The van der Waals surface area contributed by atoms with Crippen LogP contribution in [0.4, 0.5) is 5.82 Å². The fourth-order valence-electron chi connectivity index (χ4n) is 2.29. The van der Waals surface area contributed by atoms with Crippen LogP contribution in [0.2, 0.25) is 0 Å². The van der Waals surface area contributed by atoms with Crippen LogP contribution in [-0.2, 0) is 4.79 Å². The summed E-state index contributed by atoms with van der Waals surface area (Å²) in [6.45, 7) is 0.686. The second-order valence-corrected chi connectivity index (χ2v) is 4.91. The van der Waals surface area contributed by atoms with Crippen molar-refractivity contribution < 1.29 is 14.7 Å². The highest BCUT2D eigenvalue weighted by molar-refractivity contribution is 5.85. The minimum atomic E-state index is -1.10. The number of carbonyl (C=O) groups excluding carboxylic acids is 1. The van der Waals surface area contributed by atoms with Crippen molar-refractivity contribution >= 4 is 17.7 Å². The number of hydrogen-bond donors (Lipinski definition) is 2. The number of hydrogen-bond acceptors (Lipinski definition) is 5. The molecule has 1 saturated carbocycles. The van der Waals surface area contributed by atoms with E-state index in [0.29, 0.717) is 24.8 Å². The Kier molecular flexibility index (Phi) is 2.81. The standard InChI is InChI=1S/C12H14N4O3/c17-11-3-7(6-16(11)8-1-2-8)15-10-5-13-9(4-14-10)12(18)19/h4-5,7-8H,1-3,6H2,(H,14,15)(H,18,19). The van der Waals surface area contributed by atoms with Gasteiger partial charge in [-0.3, -0.25) is 4.79 Å². The molecule has 0 aromatic carbocycles. The lowest BCUT2D eigenvalue weighted by molar-refractivity contribution is -0.128. The zero-order chi connectivity index (χ0) is 13.4. The summed E-state index contributed by atoms with van der Waals surface area (Å²) >= 11 is 0. The van der Waals surface area contributed by atoms with Crippen LogP contribution in [0.15, 0.2) is 12.4 Å². The lowest BCUT2D eigenvalue weighted by Crippen LogP contribution is -2.29. The van der Waals surface area contributed by atoms with Gasteiger partial charge in [0.2, 0.25) is 5.91 Å². The number of rotatable bonds is 4. The minimum absolute atomic E-state index is 0.0260. The molecule has 2 fully saturated rings. The van der Waals surface area contributed by atoms with E-state index >= 15 is 0 Å². The van der Waals surface area contributed by atoms with E-state index in [1.54, 1.807) is 0 Å². The van der Waals surface area contributed by atoms with Crippen LogP contribution in [0.3, 0.4) is 0 Å². The van der Waals surface area contributed by atoms with Crippen molar-refractivity contribution in [1.29, 1.82) is 0 Å². The first-order chi connectivity index (χ1) is 9.13. The monoisotopic (exact) mass is 262 g/mol. The van der Waals surface area contributed by atoms with Gasteiger partial charge in [0.05, 0.1) is 18.4 Å². The predicted octanol–water partition coefficient (Wildman–Crippen LogP) is 0.350. The van der Waals surface area contributed by atoms with Crippen molar-refractivity contribution in [3.05, 3.63) is 18.1 Å². The normalized spacial score (nSPS) is 22.6. The number of anilines is 1. The van der Waals surface area contributed by atoms with Crippen LogP contribution in [-0.4, -0.2) is 50.5 Å². The first-order valence-corrected chi connectivity index (χ1v) is 6.25. The van der Waals surface area contributed by atoms with Gasteiger partial charge in [0.15, 0.2) is 5.69 Å². The summed E-state index contributed by atoms with van der Waals surface area (Å²) in [6.07, 6.45) is 5.25. The minimum Gasteiger partial charge on any atom is -0.476 e. The number of nitrogens with one attached hydrogen (secondary N) is 1. The van der Waals surface area contributed by atoms with E-state index in [0.717, 1.165) is 12.8 Å². The lowest BCUT2D eigenvalue weighted by Gasteiger charge is -2.16. The Bertz CT molecular complexity index is 512. The number of amides is 1. The van der Waals surface area contributed by atoms with Gasteiger partial charge in [0.25, 0.3) is 0 Å². The quantitative estimate of drug-likeness (QED) is 0.813. The zero-order valence-electron chi connectivity index (χ0n) is 10.2. The molecular weight excluding hydrogens is 248 g/mol. The van der Waals surface area contributed by atoms with Gasteiger partial charge < -0.3 is 15.3 Å². The van der Waals surface area contributed by atoms with Gasteiger partial charge >= 0.3 is 5.97 Å². The predicted molar refractivity (Wildman–Crippen MR) is 65.8 cm³/mol. The first-order valence-electron chi connectivity index (χ1n) is 6.25. The van der Waals surface area contributed by atoms with Gasteiger partial charge in [-0.2, -0.15) is 0 Å². The van der Waals surface area contributed by atoms with Crippen LogP contribution in [0.25, 0.3) is 0 Å². The number of aromatic carboxylic acids is 1. The highest BCUT2D eigenvalue weighted by Crippen LogP contribution is 2.31. The molecule has 2 aliphatic rings. The maximum atomic E-state index is 11.8. The Morgan fingerprint density at radius 3 is 2.74 bits per heavy atom. The SMILES string of the molecule is O=C(O)c1cnc(NC2CC(=O)N(C3CC3)C2)cn1. The molecule has 2 heterocycles. The summed E-state index contributed by atoms with van der Waals surface area (Å²) in [5.74, 6) is -0.425. The molecule has 1 aromatic heterocycles. The topological polar surface area (TPSA) is 95.4 Å². The number of nitrogens with zero attached hydrogens (tertiary/aromatic N) is 3. The molecule has 100 valence electrons. The second kappa shape index (κ2) is 4.49. The molecule has 0 radical (unpaired) electrons. The molecule has 1 aliphatic carbocycles. The van der Waals surface area contributed by atoms with Crippen LogP contribution >= 0.6 is 0 Å². The van der Waals surface area contributed by atoms with Crippen molar-refractivity contribution in [3.8, 4) is 0 Å². The Morgan fingerprint density at radius 1 is 1.37 bits per heavy atom. The molecule has 7 nitrogen and oxygen atoms in total. The third-order valence-electron chi connectivity index (χ3n) is 3.37. The molecule has 1 atom stereocenters. The van der Waals surface area contributed by atoms with Gasteiger partial charge in [0, 0.05) is 19.0 Å². The molecule has 1 saturated heterocycles. The summed E-state index contributed by atoms with van der Waals surface area (Å²) < 4.78 is 0. The van der Waals surface area contributed by atoms with Gasteiger partial charge in [-0.15, -0.1) is 0 Å². The Morgan fingerprint density at radius 2 is 2.16 bits per heavy atom. The zero-order valence-corrected chi connectivity index (χ0v) is 10.2. The van der Waals surface area contributed by atoms with E-state index in [1.165, 1.54) is 12.4 Å². The third-order valence-corrected chi connectivity index (χ3v) is 3.37. The molecule has 1 amide bonds. The van der Waals surface area contributed by atoms with Crippen LogP contribution < -0.4 is 5.32 Å². The van der Waals surface area contributed by atoms with Crippen molar-refractivity contribution in [3.63, 3.8) is 0 Å². The van der Waals surface area contributed by atoms with E-state index in [-0.39, 0.29) is 17.6 Å². The lowest BCUT2D eigenvalue weighted by atomic mass is 10.2. The van der Waals surface area contributed by atoms with E-state index < -0.39 is 5.97 Å². The molecule has 1 aliphatic heterocycles. The van der Waals surface area contributed by atoms with Gasteiger partial charge in [-0.25, -0.2) is 14.8 Å². The Labute approximate surface area is 109 Å². The Balaban J connectivity index is 1.62. The number of aromatic nitrogens is 2. The average Bonchev–Trinajstić information content (AvgIpc) is 3.15. The van der Waals surface area contributed by atoms with Gasteiger partial charge in [-0.1, -0.05) is 0 Å². The average molecular weight is 262 g/mol. The maximum Gasteiger partial charge on any atom is 0.356 e. The summed E-state index contributed by atoms with van der Waals surface area (Å²) in [4.78, 5) is 32.1. The van der Waals surface area contributed by atoms with Crippen LogP contribution in [0.1, 0.15) is 29.8 Å². The number of carboxylic acids is 1. The second-order valence-electron chi connectivity index (χ2n) is 4.91. The van der Waals surface area contributed by atoms with Crippen molar-refractivity contribution in [2.75, 3.05) is 11.9 Å². The van der Waals surface area contributed by atoms with Crippen LogP contribution in [0.5, 0.6) is 0 Å². The largest absolute Gasteiger partial charge is 0.476 e. The van der Waals surface area contributed by atoms with E-state index in [9.17, 15) is 9.59 Å². The molecule has 7 heteroatoms. The van der Waals surface area contributed by atoms with Crippen molar-refractivity contribution in [2.45, 2.75) is 31.3 Å². The molecule has 2 N–H and O–H groups in total. The van der Waals surface area contributed by atoms with E-state index in [2.05, 4.69) is 15.3 Å². The van der Waals surface area contributed by atoms with Gasteiger partial charge in [-0.05, 0) is 12.8 Å². The van der Waals surface area contributed by atoms with Crippen molar-refractivity contribution in [2.24, 2.45) is 0 Å². The summed E-state index contributed by atoms with van der Waals surface area (Å²) in [5, 5.41) is 11.8. The highest BCUT2D eigenvalue weighted by Gasteiger charge is 2.39. The highest BCUT2D eigenvalue weighted by atomic mass is 16.4. The maximum absolute atomic E-state index is 11.8. The molecule has 1 aromatic rings. The smallest absolute Gasteiger partial charge is 0.356 e. The van der Waals surface area contributed by atoms with Gasteiger partial charge in [0.1, 0.15) is 5.82 Å². The molecular formula is C12H14N4O3. The number of carboxylic acid groups (broad SMARTS) is 1. The summed E-state index contributed by atoms with van der Waals surface area (Å²) in [7, 11) is 0. The number of carbonyl (C=O) groups is 2. The summed E-state index contributed by atoms with van der Waals surface area (Å²) in [5.41, 5.74) is -0.0901. The fraction of sp³-hybridized carbons (Fsp3) is 0.500. The fourth-order valence-corrected chi connectivity index (χ4v) is 2.29. The van der Waals surface area contributed by atoms with E-state index in [4.69, 9.17) is 5.11 Å². The Hall–Kier alpha value is -2.18. The molecule has 0 spiro atoms. The molecule has 1 unspecified atom stereocenters. The molecule has 0 bridgehead atoms. The first kappa shape index (κ1) is 11.9. The van der Waals surface area contributed by atoms with Crippen LogP contribution in [0, 0.1) is 0 Å². The third kappa shape index (κ3) is 2.49. The van der Waals surface area contributed by atoms with Crippen molar-refractivity contribution in [1.82, 2.24) is 14.9 Å². The van der Waals surface area contributed by atoms with E-state index in [1.807, 2.05) is 4.90 Å². The number of likely N-dealkylation sites (tertiary alicyclic amines) is 1. The molecule has 19 heavy (non-hydrogen) atoms. The summed E-state index contributed by atoms with van der Waals surface area (Å²) in [6, 6.07) is 0.456. The molecule has 3 rings (SSSR count).